The van der Waals surface area contributed by atoms with Crippen LogP contribution in [0.25, 0.3) is 0 Å². The van der Waals surface area contributed by atoms with Crippen molar-refractivity contribution in [3.8, 4) is 6.07 Å². The SMILES string of the molecule is CC(C#N)CSc1ccccc1NC(=O)c1ccc(=O)[nH]c1. The number of aromatic amines is 1. The lowest BCUT2D eigenvalue weighted by atomic mass is 10.2. The summed E-state index contributed by atoms with van der Waals surface area (Å²) < 4.78 is 0. The molecule has 0 saturated heterocycles. The van der Waals surface area contributed by atoms with Crippen LogP contribution in [0.3, 0.4) is 0 Å². The van der Waals surface area contributed by atoms with E-state index in [4.69, 9.17) is 5.26 Å². The molecule has 2 aromatic rings. The number of H-pyrrole nitrogens is 1. The maximum atomic E-state index is 12.2. The molecule has 1 heterocycles. The Morgan fingerprint density at radius 1 is 1.36 bits per heavy atom. The van der Waals surface area contributed by atoms with Crippen LogP contribution in [0.2, 0.25) is 0 Å². The fourth-order valence-corrected chi connectivity index (χ4v) is 2.65. The Hall–Kier alpha value is -2.52. The summed E-state index contributed by atoms with van der Waals surface area (Å²) in [6.45, 7) is 1.86. The zero-order chi connectivity index (χ0) is 15.9. The molecule has 1 aromatic carbocycles. The molecule has 0 aliphatic heterocycles. The fourth-order valence-electron chi connectivity index (χ4n) is 1.69. The number of thioether (sulfide) groups is 1. The van der Waals surface area contributed by atoms with E-state index in [-0.39, 0.29) is 17.4 Å². The van der Waals surface area contributed by atoms with Gasteiger partial charge < -0.3 is 10.3 Å². The third kappa shape index (κ3) is 4.24. The quantitative estimate of drug-likeness (QED) is 0.831. The number of nitriles is 1. The van der Waals surface area contributed by atoms with Gasteiger partial charge in [-0.2, -0.15) is 5.26 Å². The van der Waals surface area contributed by atoms with Crippen molar-refractivity contribution in [2.75, 3.05) is 11.1 Å². The number of benzene rings is 1. The molecule has 0 bridgehead atoms. The molecule has 2 N–H and O–H groups in total. The monoisotopic (exact) mass is 313 g/mol. The van der Waals surface area contributed by atoms with Crippen LogP contribution in [0.4, 0.5) is 5.69 Å². The molecule has 112 valence electrons. The predicted octanol–water partition coefficient (Wildman–Crippen LogP) is 2.88. The van der Waals surface area contributed by atoms with E-state index < -0.39 is 0 Å². The second kappa shape index (κ2) is 7.48. The van der Waals surface area contributed by atoms with Crippen LogP contribution in [0.15, 0.2) is 52.3 Å². The van der Waals surface area contributed by atoms with Crippen molar-refractivity contribution >= 4 is 23.4 Å². The standard InChI is InChI=1S/C16H15N3O2S/c1-11(8-17)10-22-14-5-3-2-4-13(14)19-16(21)12-6-7-15(20)18-9-12/h2-7,9,11H,10H2,1H3,(H,18,20)(H,19,21). The van der Waals surface area contributed by atoms with Gasteiger partial charge in [-0.15, -0.1) is 11.8 Å². The first-order chi connectivity index (χ1) is 10.6. The Morgan fingerprint density at radius 2 is 2.14 bits per heavy atom. The van der Waals surface area contributed by atoms with Crippen LogP contribution >= 0.6 is 11.8 Å². The van der Waals surface area contributed by atoms with Gasteiger partial charge in [-0.25, -0.2) is 0 Å². The van der Waals surface area contributed by atoms with Crippen molar-refractivity contribution < 1.29 is 4.79 Å². The Bertz CT molecular complexity index is 744. The summed E-state index contributed by atoms with van der Waals surface area (Å²) in [4.78, 5) is 26.6. The van der Waals surface area contributed by atoms with Gasteiger partial charge in [0.25, 0.3) is 5.91 Å². The third-order valence-electron chi connectivity index (χ3n) is 2.89. The van der Waals surface area contributed by atoms with Gasteiger partial charge in [0.2, 0.25) is 5.56 Å². The fraction of sp³-hybridized carbons (Fsp3) is 0.188. The minimum atomic E-state index is -0.294. The number of anilines is 1. The molecule has 2 rings (SSSR count). The van der Waals surface area contributed by atoms with Crippen molar-refractivity contribution in [2.24, 2.45) is 5.92 Å². The highest BCUT2D eigenvalue weighted by molar-refractivity contribution is 7.99. The number of rotatable bonds is 5. The summed E-state index contributed by atoms with van der Waals surface area (Å²) in [5.74, 6) is 0.299. The molecule has 1 unspecified atom stereocenters. The molecule has 0 spiro atoms. The Labute approximate surface area is 132 Å². The van der Waals surface area contributed by atoms with Crippen molar-refractivity contribution in [1.29, 1.82) is 5.26 Å². The molecule has 22 heavy (non-hydrogen) atoms. The predicted molar refractivity (Wildman–Crippen MR) is 87.0 cm³/mol. The van der Waals surface area contributed by atoms with E-state index in [1.807, 2.05) is 31.2 Å². The van der Waals surface area contributed by atoms with Crippen LogP contribution in [-0.4, -0.2) is 16.6 Å². The Balaban J connectivity index is 2.12. The van der Waals surface area contributed by atoms with E-state index in [1.165, 1.54) is 30.1 Å². The highest BCUT2D eigenvalue weighted by Gasteiger charge is 2.10. The lowest BCUT2D eigenvalue weighted by molar-refractivity contribution is 0.102. The number of nitrogens with one attached hydrogen (secondary N) is 2. The van der Waals surface area contributed by atoms with E-state index in [9.17, 15) is 9.59 Å². The minimum Gasteiger partial charge on any atom is -0.328 e. The van der Waals surface area contributed by atoms with Gasteiger partial charge in [0.1, 0.15) is 0 Å². The smallest absolute Gasteiger partial charge is 0.257 e. The zero-order valence-corrected chi connectivity index (χ0v) is 12.8. The summed E-state index contributed by atoms with van der Waals surface area (Å²) in [7, 11) is 0. The van der Waals surface area contributed by atoms with Crippen LogP contribution < -0.4 is 10.9 Å². The van der Waals surface area contributed by atoms with Crippen molar-refractivity contribution in [1.82, 2.24) is 4.98 Å². The largest absolute Gasteiger partial charge is 0.328 e. The molecule has 1 amide bonds. The van der Waals surface area contributed by atoms with Crippen molar-refractivity contribution in [3.63, 3.8) is 0 Å². The van der Waals surface area contributed by atoms with Gasteiger partial charge in [0.05, 0.1) is 23.2 Å². The van der Waals surface area contributed by atoms with Gasteiger partial charge in [-0.05, 0) is 25.1 Å². The summed E-state index contributed by atoms with van der Waals surface area (Å²) >= 11 is 1.52. The first kappa shape index (κ1) is 15.9. The van der Waals surface area contributed by atoms with Gasteiger partial charge >= 0.3 is 0 Å². The topological polar surface area (TPSA) is 85.8 Å². The van der Waals surface area contributed by atoms with E-state index >= 15 is 0 Å². The normalized spacial score (nSPS) is 11.5. The Kier molecular flexibility index (Phi) is 5.39. The first-order valence-electron chi connectivity index (χ1n) is 6.71. The summed E-state index contributed by atoms with van der Waals surface area (Å²) in [5, 5.41) is 11.7. The number of carbonyl (C=O) groups excluding carboxylic acids is 1. The molecule has 0 saturated carbocycles. The molecule has 0 aliphatic rings. The van der Waals surface area contributed by atoms with Crippen molar-refractivity contribution in [3.05, 3.63) is 58.5 Å². The maximum Gasteiger partial charge on any atom is 0.257 e. The molecule has 0 radical (unpaired) electrons. The van der Waals surface area contributed by atoms with E-state index in [0.717, 1.165) is 4.90 Å². The number of pyridine rings is 1. The molecule has 1 aromatic heterocycles. The number of hydrogen-bond donors (Lipinski definition) is 2. The van der Waals surface area contributed by atoms with Gasteiger partial charge in [0, 0.05) is 22.9 Å². The summed E-state index contributed by atoms with van der Waals surface area (Å²) in [6.07, 6.45) is 1.38. The lowest BCUT2D eigenvalue weighted by Gasteiger charge is -2.11. The molecular formula is C16H15N3O2S. The van der Waals surface area contributed by atoms with Gasteiger partial charge in [-0.1, -0.05) is 12.1 Å². The number of para-hydroxylation sites is 1. The van der Waals surface area contributed by atoms with Gasteiger partial charge in [-0.3, -0.25) is 9.59 Å². The highest BCUT2D eigenvalue weighted by Crippen LogP contribution is 2.28. The van der Waals surface area contributed by atoms with Crippen LogP contribution in [0.5, 0.6) is 0 Å². The molecule has 1 atom stereocenters. The average molecular weight is 313 g/mol. The Morgan fingerprint density at radius 3 is 2.82 bits per heavy atom. The summed E-state index contributed by atoms with van der Waals surface area (Å²) in [5.41, 5.74) is 0.816. The summed E-state index contributed by atoms with van der Waals surface area (Å²) in [6, 6.07) is 12.4. The number of aromatic nitrogens is 1. The second-order valence-electron chi connectivity index (χ2n) is 4.73. The van der Waals surface area contributed by atoms with Crippen molar-refractivity contribution in [2.45, 2.75) is 11.8 Å². The van der Waals surface area contributed by atoms with Crippen LogP contribution in [-0.2, 0) is 0 Å². The number of nitrogens with zero attached hydrogens (tertiary/aromatic N) is 1. The van der Waals surface area contributed by atoms with Crippen LogP contribution in [0, 0.1) is 17.2 Å². The average Bonchev–Trinajstić information content (AvgIpc) is 2.54. The molecule has 5 nitrogen and oxygen atoms in total. The zero-order valence-electron chi connectivity index (χ0n) is 12.0. The first-order valence-corrected chi connectivity index (χ1v) is 7.70. The minimum absolute atomic E-state index is 0.0621. The number of carbonyl (C=O) groups is 1. The molecule has 0 fully saturated rings. The third-order valence-corrected chi connectivity index (χ3v) is 4.22. The maximum absolute atomic E-state index is 12.2. The highest BCUT2D eigenvalue weighted by atomic mass is 32.2. The van der Waals surface area contributed by atoms with E-state index in [1.54, 1.807) is 0 Å². The lowest BCUT2D eigenvalue weighted by Crippen LogP contribution is -2.15. The molecule has 0 aliphatic carbocycles. The van der Waals surface area contributed by atoms with E-state index in [2.05, 4.69) is 16.4 Å². The van der Waals surface area contributed by atoms with Crippen LogP contribution in [0.1, 0.15) is 17.3 Å². The number of hydrogen-bond acceptors (Lipinski definition) is 4. The van der Waals surface area contributed by atoms with E-state index in [0.29, 0.717) is 17.0 Å². The number of amides is 1. The molecular weight excluding hydrogens is 298 g/mol. The second-order valence-corrected chi connectivity index (χ2v) is 5.79. The molecule has 6 heteroatoms. The van der Waals surface area contributed by atoms with Gasteiger partial charge in [0.15, 0.2) is 0 Å².